The molecule has 0 saturated heterocycles. The summed E-state index contributed by atoms with van der Waals surface area (Å²) in [4.78, 5) is 31.4. The van der Waals surface area contributed by atoms with Crippen molar-refractivity contribution in [1.82, 2.24) is 15.3 Å². The van der Waals surface area contributed by atoms with Crippen LogP contribution in [0, 0.1) is 0 Å². The first kappa shape index (κ1) is 21.9. The second-order valence-corrected chi connectivity index (χ2v) is 6.50. The van der Waals surface area contributed by atoms with Gasteiger partial charge in [0.1, 0.15) is 11.5 Å². The molecule has 0 saturated carbocycles. The number of aromatic nitrogens is 2. The predicted octanol–water partition coefficient (Wildman–Crippen LogP) is 3.84. The normalized spacial score (nSPS) is 12.2. The standard InChI is InChI=1S/C21H18F3N3O4/c1-12(14-8-9-16(17(10-14)30-2)31-21(22,23)24)25-20(29)15-11-18(28)27-19(26-15)13-6-4-3-5-7-13/h3-12H,1-2H3,(H,25,29)(H,26,27,28). The van der Waals surface area contributed by atoms with Crippen LogP contribution in [0.1, 0.15) is 29.0 Å². The largest absolute Gasteiger partial charge is 0.573 e. The predicted molar refractivity (Wildman–Crippen MR) is 106 cm³/mol. The highest BCUT2D eigenvalue weighted by molar-refractivity contribution is 5.92. The summed E-state index contributed by atoms with van der Waals surface area (Å²) in [5, 5.41) is 2.66. The summed E-state index contributed by atoms with van der Waals surface area (Å²) in [6.07, 6.45) is -4.86. The summed E-state index contributed by atoms with van der Waals surface area (Å²) in [5.74, 6) is -1.02. The number of alkyl halides is 3. The van der Waals surface area contributed by atoms with Gasteiger partial charge in [-0.15, -0.1) is 13.2 Å². The molecule has 0 aliphatic rings. The van der Waals surface area contributed by atoms with Crippen LogP contribution in [0.3, 0.4) is 0 Å². The Bertz CT molecular complexity index is 1130. The Kier molecular flexibility index (Phi) is 6.28. The van der Waals surface area contributed by atoms with Crippen molar-refractivity contribution in [1.29, 1.82) is 0 Å². The zero-order valence-electron chi connectivity index (χ0n) is 16.5. The van der Waals surface area contributed by atoms with E-state index in [0.29, 0.717) is 11.1 Å². The first-order chi connectivity index (χ1) is 14.7. The van der Waals surface area contributed by atoms with Crippen molar-refractivity contribution >= 4 is 5.91 Å². The van der Waals surface area contributed by atoms with E-state index in [1.165, 1.54) is 19.2 Å². The molecule has 3 aromatic rings. The van der Waals surface area contributed by atoms with Gasteiger partial charge < -0.3 is 19.8 Å². The molecule has 0 spiro atoms. The molecule has 1 atom stereocenters. The molecular formula is C21H18F3N3O4. The van der Waals surface area contributed by atoms with Crippen LogP contribution in [0.5, 0.6) is 11.5 Å². The summed E-state index contributed by atoms with van der Waals surface area (Å²) in [6.45, 7) is 1.63. The van der Waals surface area contributed by atoms with Gasteiger partial charge in [0, 0.05) is 11.6 Å². The maximum atomic E-state index is 12.6. The van der Waals surface area contributed by atoms with E-state index in [9.17, 15) is 22.8 Å². The first-order valence-corrected chi connectivity index (χ1v) is 9.07. The Morgan fingerprint density at radius 3 is 2.45 bits per heavy atom. The quantitative estimate of drug-likeness (QED) is 0.616. The molecule has 2 N–H and O–H groups in total. The minimum atomic E-state index is -4.86. The van der Waals surface area contributed by atoms with Crippen molar-refractivity contribution in [2.45, 2.75) is 19.3 Å². The van der Waals surface area contributed by atoms with E-state index in [4.69, 9.17) is 4.74 Å². The number of aromatic amines is 1. The van der Waals surface area contributed by atoms with Crippen molar-refractivity contribution in [3.8, 4) is 22.9 Å². The number of hydrogen-bond acceptors (Lipinski definition) is 5. The summed E-state index contributed by atoms with van der Waals surface area (Å²) in [5.41, 5.74) is 0.501. The molecule has 0 radical (unpaired) electrons. The number of methoxy groups -OCH3 is 1. The molecule has 162 valence electrons. The van der Waals surface area contributed by atoms with E-state index in [0.717, 1.165) is 12.1 Å². The molecule has 0 bridgehead atoms. The van der Waals surface area contributed by atoms with Gasteiger partial charge in [0.05, 0.1) is 13.2 Å². The fourth-order valence-corrected chi connectivity index (χ4v) is 2.82. The fraction of sp³-hybridized carbons (Fsp3) is 0.190. The third-order valence-corrected chi connectivity index (χ3v) is 4.28. The van der Waals surface area contributed by atoms with E-state index >= 15 is 0 Å². The van der Waals surface area contributed by atoms with Crippen molar-refractivity contribution in [2.75, 3.05) is 7.11 Å². The second kappa shape index (κ2) is 8.90. The van der Waals surface area contributed by atoms with Crippen molar-refractivity contribution in [2.24, 2.45) is 0 Å². The van der Waals surface area contributed by atoms with Crippen molar-refractivity contribution < 1.29 is 27.4 Å². The van der Waals surface area contributed by atoms with E-state index in [1.807, 2.05) is 0 Å². The van der Waals surface area contributed by atoms with Crippen molar-refractivity contribution in [3.63, 3.8) is 0 Å². The SMILES string of the molecule is COc1cc(C(C)NC(=O)c2cc(=O)[nH]c(-c3ccccc3)n2)ccc1OC(F)(F)F. The fourth-order valence-electron chi connectivity index (χ4n) is 2.82. The number of nitrogens with zero attached hydrogens (tertiary/aromatic N) is 1. The van der Waals surface area contributed by atoms with Gasteiger partial charge in [-0.2, -0.15) is 0 Å². The molecule has 2 aromatic carbocycles. The maximum absolute atomic E-state index is 12.6. The topological polar surface area (TPSA) is 93.3 Å². The Morgan fingerprint density at radius 1 is 1.10 bits per heavy atom. The Hall–Kier alpha value is -3.82. The molecule has 7 nitrogen and oxygen atoms in total. The average molecular weight is 433 g/mol. The van der Waals surface area contributed by atoms with E-state index in [2.05, 4.69) is 20.0 Å². The molecule has 1 aromatic heterocycles. The minimum absolute atomic E-state index is 0.0987. The minimum Gasteiger partial charge on any atom is -0.493 e. The number of benzene rings is 2. The summed E-state index contributed by atoms with van der Waals surface area (Å²) in [7, 11) is 1.21. The van der Waals surface area contributed by atoms with Gasteiger partial charge in [-0.05, 0) is 24.6 Å². The number of hydrogen-bond donors (Lipinski definition) is 2. The van der Waals surface area contributed by atoms with Crippen LogP contribution in [-0.2, 0) is 0 Å². The zero-order chi connectivity index (χ0) is 22.6. The summed E-state index contributed by atoms with van der Waals surface area (Å²) < 4.78 is 46.4. The van der Waals surface area contributed by atoms with Gasteiger partial charge in [0.15, 0.2) is 11.5 Å². The average Bonchev–Trinajstić information content (AvgIpc) is 2.73. The monoisotopic (exact) mass is 433 g/mol. The highest BCUT2D eigenvalue weighted by Gasteiger charge is 2.32. The lowest BCUT2D eigenvalue weighted by molar-refractivity contribution is -0.275. The highest BCUT2D eigenvalue weighted by atomic mass is 19.4. The van der Waals surface area contributed by atoms with Gasteiger partial charge in [-0.1, -0.05) is 36.4 Å². The number of halogens is 3. The lowest BCUT2D eigenvalue weighted by atomic mass is 10.1. The van der Waals surface area contributed by atoms with Crippen LogP contribution in [0.2, 0.25) is 0 Å². The van der Waals surface area contributed by atoms with Crippen molar-refractivity contribution in [3.05, 3.63) is 76.2 Å². The highest BCUT2D eigenvalue weighted by Crippen LogP contribution is 2.34. The van der Waals surface area contributed by atoms with Gasteiger partial charge in [0.2, 0.25) is 0 Å². The summed E-state index contributed by atoms with van der Waals surface area (Å²) >= 11 is 0. The Labute approximate surface area is 174 Å². The number of nitrogens with one attached hydrogen (secondary N) is 2. The Morgan fingerprint density at radius 2 is 1.81 bits per heavy atom. The molecule has 0 aliphatic carbocycles. The van der Waals surface area contributed by atoms with Crippen LogP contribution in [-0.4, -0.2) is 29.3 Å². The van der Waals surface area contributed by atoms with Gasteiger partial charge in [-0.25, -0.2) is 4.98 Å². The molecular weight excluding hydrogens is 415 g/mol. The molecule has 31 heavy (non-hydrogen) atoms. The number of rotatable bonds is 6. The first-order valence-electron chi connectivity index (χ1n) is 9.07. The summed E-state index contributed by atoms with van der Waals surface area (Å²) in [6, 6.07) is 13.0. The second-order valence-electron chi connectivity index (χ2n) is 6.50. The van der Waals surface area contributed by atoms with Gasteiger partial charge in [-0.3, -0.25) is 9.59 Å². The molecule has 1 heterocycles. The molecule has 0 fully saturated rings. The third kappa shape index (κ3) is 5.62. The van der Waals surface area contributed by atoms with Crippen LogP contribution in [0.4, 0.5) is 13.2 Å². The number of carbonyl (C=O) groups excluding carboxylic acids is 1. The van der Waals surface area contributed by atoms with E-state index < -0.39 is 29.6 Å². The number of H-pyrrole nitrogens is 1. The molecule has 1 unspecified atom stereocenters. The Balaban J connectivity index is 1.81. The lowest BCUT2D eigenvalue weighted by Crippen LogP contribution is -2.29. The third-order valence-electron chi connectivity index (χ3n) is 4.28. The van der Waals surface area contributed by atoms with E-state index in [1.54, 1.807) is 37.3 Å². The molecule has 3 rings (SSSR count). The van der Waals surface area contributed by atoms with Crippen LogP contribution >= 0.6 is 0 Å². The molecule has 10 heteroatoms. The maximum Gasteiger partial charge on any atom is 0.573 e. The van der Waals surface area contributed by atoms with Crippen LogP contribution < -0.4 is 20.3 Å². The number of amides is 1. The van der Waals surface area contributed by atoms with E-state index in [-0.39, 0.29) is 17.3 Å². The van der Waals surface area contributed by atoms with Gasteiger partial charge in [0.25, 0.3) is 11.5 Å². The smallest absolute Gasteiger partial charge is 0.493 e. The van der Waals surface area contributed by atoms with Crippen LogP contribution in [0.25, 0.3) is 11.4 Å². The number of carbonyl (C=O) groups is 1. The zero-order valence-corrected chi connectivity index (χ0v) is 16.5. The number of ether oxygens (including phenoxy) is 2. The molecule has 1 amide bonds. The van der Waals surface area contributed by atoms with Crippen LogP contribution in [0.15, 0.2) is 59.4 Å². The lowest BCUT2D eigenvalue weighted by Gasteiger charge is -2.17. The van der Waals surface area contributed by atoms with Gasteiger partial charge >= 0.3 is 6.36 Å². The molecule has 0 aliphatic heterocycles.